The van der Waals surface area contributed by atoms with Crippen molar-refractivity contribution < 1.29 is 37.5 Å². The largest absolute Gasteiger partial charge is 0.453 e. The molecule has 0 aromatic heterocycles. The minimum absolute atomic E-state index is 0.147. The number of carbonyl (C=O) groups is 5. The Labute approximate surface area is 176 Å². The highest BCUT2D eigenvalue weighted by molar-refractivity contribution is 6.38. The Hall–Kier alpha value is -3.57. The summed E-state index contributed by atoms with van der Waals surface area (Å²) in [5.74, 6) is -6.79. The van der Waals surface area contributed by atoms with E-state index in [0.29, 0.717) is 18.6 Å². The van der Waals surface area contributed by atoms with Crippen LogP contribution in [0.3, 0.4) is 0 Å². The molecule has 0 spiro atoms. The van der Waals surface area contributed by atoms with Crippen LogP contribution in [0.25, 0.3) is 0 Å². The van der Waals surface area contributed by atoms with E-state index in [1.807, 2.05) is 0 Å². The molecule has 12 heteroatoms. The second kappa shape index (κ2) is 9.96. The van der Waals surface area contributed by atoms with Crippen LogP contribution in [-0.4, -0.2) is 55.8 Å². The Bertz CT molecular complexity index is 923. The van der Waals surface area contributed by atoms with Crippen LogP contribution in [0.2, 0.25) is 0 Å². The van der Waals surface area contributed by atoms with Gasteiger partial charge in [0.05, 0.1) is 24.4 Å². The molecule has 1 heterocycles. The lowest BCUT2D eigenvalue weighted by atomic mass is 9.93. The number of carbonyl (C=O) groups excluding carboxylic acids is 5. The first-order valence-corrected chi connectivity index (χ1v) is 9.28. The summed E-state index contributed by atoms with van der Waals surface area (Å²) in [6.07, 6.45) is -0.848. The molecule has 10 nitrogen and oxygen atoms in total. The zero-order chi connectivity index (χ0) is 23.3. The van der Waals surface area contributed by atoms with Gasteiger partial charge in [-0.25, -0.2) is 13.6 Å². The molecular weight excluding hydrogens is 418 g/mol. The maximum atomic E-state index is 13.8. The SMILES string of the molecule is CNC(=O)C(=O)C(C[C@@H]1C[C@@H](C)NC1=O)NC(=O)c1cc(F)c(F)cc1NC(=O)OC. The number of ketones is 1. The molecule has 0 radical (unpaired) electrons. The molecule has 0 saturated carbocycles. The van der Waals surface area contributed by atoms with Gasteiger partial charge in [0.1, 0.15) is 0 Å². The zero-order valence-corrected chi connectivity index (χ0v) is 17.0. The fraction of sp³-hybridized carbons (Fsp3) is 0.421. The van der Waals surface area contributed by atoms with E-state index in [0.717, 1.165) is 7.11 Å². The number of hydrogen-bond acceptors (Lipinski definition) is 6. The molecule has 1 aromatic rings. The van der Waals surface area contributed by atoms with E-state index in [1.54, 1.807) is 6.92 Å². The second-order valence-corrected chi connectivity index (χ2v) is 6.98. The van der Waals surface area contributed by atoms with Crippen molar-refractivity contribution in [2.45, 2.75) is 31.8 Å². The van der Waals surface area contributed by atoms with Crippen LogP contribution in [0.15, 0.2) is 12.1 Å². The highest BCUT2D eigenvalue weighted by Gasteiger charge is 2.36. The average molecular weight is 440 g/mol. The smallest absolute Gasteiger partial charge is 0.411 e. The average Bonchev–Trinajstić information content (AvgIpc) is 3.05. The van der Waals surface area contributed by atoms with E-state index in [-0.39, 0.29) is 18.4 Å². The van der Waals surface area contributed by atoms with Gasteiger partial charge >= 0.3 is 6.09 Å². The fourth-order valence-electron chi connectivity index (χ4n) is 3.19. The van der Waals surface area contributed by atoms with Gasteiger partial charge < -0.3 is 20.7 Å². The number of methoxy groups -OCH3 is 1. The minimum Gasteiger partial charge on any atom is -0.453 e. The summed E-state index contributed by atoms with van der Waals surface area (Å²) in [6.45, 7) is 1.76. The monoisotopic (exact) mass is 440 g/mol. The summed E-state index contributed by atoms with van der Waals surface area (Å²) < 4.78 is 31.8. The lowest BCUT2D eigenvalue weighted by molar-refractivity contribution is -0.139. The number of halogens is 2. The molecule has 1 fully saturated rings. The van der Waals surface area contributed by atoms with E-state index >= 15 is 0 Å². The van der Waals surface area contributed by atoms with Gasteiger partial charge in [0.2, 0.25) is 11.7 Å². The van der Waals surface area contributed by atoms with E-state index < -0.39 is 58.5 Å². The Balaban J connectivity index is 2.33. The normalized spacial score (nSPS) is 18.5. The van der Waals surface area contributed by atoms with Gasteiger partial charge in [-0.2, -0.15) is 0 Å². The Morgan fingerprint density at radius 2 is 1.87 bits per heavy atom. The predicted molar refractivity (Wildman–Crippen MR) is 103 cm³/mol. The second-order valence-electron chi connectivity index (χ2n) is 6.98. The number of hydrogen-bond donors (Lipinski definition) is 4. The van der Waals surface area contributed by atoms with Crippen LogP contribution < -0.4 is 21.3 Å². The number of Topliss-reactive ketones (excluding diaryl/α,β-unsaturated/α-hetero) is 1. The lowest BCUT2D eigenvalue weighted by Gasteiger charge is -2.20. The van der Waals surface area contributed by atoms with Crippen molar-refractivity contribution in [1.29, 1.82) is 0 Å². The zero-order valence-electron chi connectivity index (χ0n) is 17.0. The van der Waals surface area contributed by atoms with Crippen LogP contribution >= 0.6 is 0 Å². The van der Waals surface area contributed by atoms with Gasteiger partial charge in [-0.05, 0) is 25.8 Å². The first-order chi connectivity index (χ1) is 14.6. The fourth-order valence-corrected chi connectivity index (χ4v) is 3.19. The Morgan fingerprint density at radius 3 is 2.42 bits per heavy atom. The van der Waals surface area contributed by atoms with Crippen molar-refractivity contribution in [3.8, 4) is 0 Å². The number of rotatable bonds is 7. The number of nitrogens with one attached hydrogen (secondary N) is 4. The summed E-state index contributed by atoms with van der Waals surface area (Å²) in [7, 11) is 2.25. The van der Waals surface area contributed by atoms with E-state index in [4.69, 9.17) is 0 Å². The van der Waals surface area contributed by atoms with Crippen molar-refractivity contribution >= 4 is 35.3 Å². The van der Waals surface area contributed by atoms with E-state index in [9.17, 15) is 32.8 Å². The van der Waals surface area contributed by atoms with Crippen molar-refractivity contribution in [1.82, 2.24) is 16.0 Å². The lowest BCUT2D eigenvalue weighted by Crippen LogP contribution is -2.48. The molecule has 0 aliphatic carbocycles. The maximum Gasteiger partial charge on any atom is 0.411 e. The van der Waals surface area contributed by atoms with Gasteiger partial charge in [-0.15, -0.1) is 0 Å². The topological polar surface area (TPSA) is 143 Å². The van der Waals surface area contributed by atoms with Crippen LogP contribution in [-0.2, 0) is 19.1 Å². The quantitative estimate of drug-likeness (QED) is 0.454. The van der Waals surface area contributed by atoms with Gasteiger partial charge in [-0.3, -0.25) is 24.5 Å². The molecule has 3 atom stereocenters. The first-order valence-electron chi connectivity index (χ1n) is 9.28. The summed E-state index contributed by atoms with van der Waals surface area (Å²) in [6, 6.07) is -0.469. The third-order valence-electron chi connectivity index (χ3n) is 4.72. The molecule has 4 amide bonds. The predicted octanol–water partition coefficient (Wildman–Crippen LogP) is 0.471. The van der Waals surface area contributed by atoms with Gasteiger partial charge in [0, 0.05) is 25.1 Å². The molecule has 0 bridgehead atoms. The molecule has 1 aliphatic rings. The number of ether oxygens (including phenoxy) is 1. The number of benzene rings is 1. The summed E-state index contributed by atoms with van der Waals surface area (Å²) in [5, 5.41) is 9.17. The number of anilines is 1. The van der Waals surface area contributed by atoms with Crippen LogP contribution in [0.1, 0.15) is 30.1 Å². The molecule has 31 heavy (non-hydrogen) atoms. The molecule has 168 valence electrons. The highest BCUT2D eigenvalue weighted by atomic mass is 19.2. The van der Waals surface area contributed by atoms with Crippen molar-refractivity contribution in [3.63, 3.8) is 0 Å². The molecule has 2 rings (SSSR count). The third-order valence-corrected chi connectivity index (χ3v) is 4.72. The van der Waals surface area contributed by atoms with Crippen LogP contribution in [0.5, 0.6) is 0 Å². The van der Waals surface area contributed by atoms with Gasteiger partial charge in [-0.1, -0.05) is 0 Å². The first kappa shape index (κ1) is 23.7. The minimum atomic E-state index is -1.42. The molecule has 1 unspecified atom stereocenters. The third kappa shape index (κ3) is 5.74. The summed E-state index contributed by atoms with van der Waals surface area (Å²) in [4.78, 5) is 60.6. The number of amides is 4. The summed E-state index contributed by atoms with van der Waals surface area (Å²) in [5.41, 5.74) is -0.926. The Kier molecular flexibility index (Phi) is 7.61. The molecule has 1 aromatic carbocycles. The van der Waals surface area contributed by atoms with Crippen molar-refractivity contribution in [2.75, 3.05) is 19.5 Å². The van der Waals surface area contributed by atoms with Gasteiger partial charge in [0.15, 0.2) is 11.6 Å². The summed E-state index contributed by atoms with van der Waals surface area (Å²) >= 11 is 0. The maximum absolute atomic E-state index is 13.8. The molecule has 1 aliphatic heterocycles. The van der Waals surface area contributed by atoms with E-state index in [2.05, 4.69) is 26.0 Å². The van der Waals surface area contributed by atoms with Crippen LogP contribution in [0.4, 0.5) is 19.3 Å². The molecular formula is C19H22F2N4O6. The van der Waals surface area contributed by atoms with Gasteiger partial charge in [0.25, 0.3) is 11.8 Å². The Morgan fingerprint density at radius 1 is 1.23 bits per heavy atom. The highest BCUT2D eigenvalue weighted by Crippen LogP contribution is 2.23. The van der Waals surface area contributed by atoms with Crippen molar-refractivity contribution in [3.05, 3.63) is 29.3 Å². The molecule has 1 saturated heterocycles. The molecule has 4 N–H and O–H groups in total. The van der Waals surface area contributed by atoms with Crippen molar-refractivity contribution in [2.24, 2.45) is 5.92 Å². The van der Waals surface area contributed by atoms with Crippen LogP contribution in [0, 0.1) is 17.6 Å². The standard InChI is InChI=1S/C19H22F2N4O6/c1-8-4-9(16(27)23-8)5-14(15(26)18(29)22-2)24-17(28)10-6-11(20)12(21)7-13(10)25-19(30)31-3/h6-9,14H,4-5H2,1-3H3,(H,22,29)(H,23,27)(H,24,28)(H,25,30)/t8-,9+,14?/m1/s1. The number of likely N-dealkylation sites (N-methyl/N-ethyl adjacent to an activating group) is 1. The van der Waals surface area contributed by atoms with E-state index in [1.165, 1.54) is 7.05 Å².